The van der Waals surface area contributed by atoms with Crippen LogP contribution in [0.15, 0.2) is 23.8 Å². The topological polar surface area (TPSA) is 77.5 Å². The summed E-state index contributed by atoms with van der Waals surface area (Å²) in [4.78, 5) is 24.6. The quantitative estimate of drug-likeness (QED) is 0.516. The summed E-state index contributed by atoms with van der Waals surface area (Å²) >= 11 is 0. The second-order valence-electron chi connectivity index (χ2n) is 5.38. The van der Waals surface area contributed by atoms with Crippen molar-refractivity contribution in [1.82, 2.24) is 10.0 Å². The smallest absolute Gasteiger partial charge is 0.429 e. The van der Waals surface area contributed by atoms with Gasteiger partial charge in [0.2, 0.25) is 0 Å². The summed E-state index contributed by atoms with van der Waals surface area (Å²) in [5.74, 6) is 0. The molecule has 1 aliphatic heterocycles. The third-order valence-corrected chi connectivity index (χ3v) is 3.14. The summed E-state index contributed by atoms with van der Waals surface area (Å²) < 4.78 is 20.7. The Morgan fingerprint density at radius 1 is 1.00 bits per heavy atom. The number of ether oxygens (including phenoxy) is 4. The highest BCUT2D eigenvalue weighted by atomic mass is 16.7. The van der Waals surface area contributed by atoms with Crippen LogP contribution in [0.2, 0.25) is 0 Å². The third-order valence-electron chi connectivity index (χ3n) is 3.14. The molecule has 0 aromatic carbocycles. The van der Waals surface area contributed by atoms with Crippen LogP contribution in [0, 0.1) is 0 Å². The van der Waals surface area contributed by atoms with Crippen LogP contribution in [0.4, 0.5) is 9.59 Å². The van der Waals surface area contributed by atoms with Crippen molar-refractivity contribution in [2.75, 3.05) is 39.5 Å². The van der Waals surface area contributed by atoms with Crippen LogP contribution >= 0.6 is 0 Å². The molecule has 8 nitrogen and oxygen atoms in total. The summed E-state index contributed by atoms with van der Waals surface area (Å²) in [6.45, 7) is 9.03. The molecule has 0 atom stereocenters. The number of amides is 2. The van der Waals surface area contributed by atoms with Crippen LogP contribution in [0.3, 0.4) is 0 Å². The summed E-state index contributed by atoms with van der Waals surface area (Å²) in [5.41, 5.74) is 1.02. The summed E-state index contributed by atoms with van der Waals surface area (Å²) in [6.07, 6.45) is 3.55. The number of nitrogens with zero attached hydrogens (tertiary/aromatic N) is 2. The average molecular weight is 356 g/mol. The molecular weight excluding hydrogens is 328 g/mol. The highest BCUT2D eigenvalue weighted by Crippen LogP contribution is 2.09. The average Bonchev–Trinajstić information content (AvgIpc) is 3.07. The molecule has 0 aromatic rings. The van der Waals surface area contributed by atoms with Gasteiger partial charge in [-0.15, -0.1) is 0 Å². The van der Waals surface area contributed by atoms with Gasteiger partial charge in [-0.2, -0.15) is 0 Å². The normalized spacial score (nSPS) is 14.4. The van der Waals surface area contributed by atoms with Crippen LogP contribution in [-0.4, -0.2) is 68.0 Å². The Hall–Kier alpha value is -2.06. The van der Waals surface area contributed by atoms with E-state index in [1.807, 2.05) is 19.9 Å². The minimum absolute atomic E-state index is 0.122. The van der Waals surface area contributed by atoms with Crippen molar-refractivity contribution in [2.24, 2.45) is 0 Å². The number of hydrazine groups is 1. The van der Waals surface area contributed by atoms with Crippen molar-refractivity contribution in [3.63, 3.8) is 0 Å². The molecule has 0 spiro atoms. The van der Waals surface area contributed by atoms with E-state index in [4.69, 9.17) is 18.9 Å². The summed E-state index contributed by atoms with van der Waals surface area (Å²) in [6, 6.07) is 0. The number of hydrogen-bond acceptors (Lipinski definition) is 6. The van der Waals surface area contributed by atoms with Gasteiger partial charge in [-0.3, -0.25) is 0 Å². The van der Waals surface area contributed by atoms with E-state index in [-0.39, 0.29) is 26.3 Å². The second kappa shape index (κ2) is 11.5. The number of carbonyl (C=O) groups is 2. The first-order chi connectivity index (χ1) is 12.0. The molecule has 8 heteroatoms. The molecule has 0 aromatic heterocycles. The van der Waals surface area contributed by atoms with Gasteiger partial charge in [0.15, 0.2) is 6.29 Å². The van der Waals surface area contributed by atoms with Gasteiger partial charge in [-0.1, -0.05) is 17.7 Å². The largest absolute Gasteiger partial charge is 0.448 e. The molecule has 1 saturated heterocycles. The standard InChI is InChI=1S/C17H28N2O6/c1-5-22-16(20)18(10-7-8-15-24-12-13-25-15)19(11-9-14(3)4)17(21)23-6-2/h7-9,15H,5-6,10-13H2,1-4H3/b8-7+. The molecule has 0 unspecified atom stereocenters. The Morgan fingerprint density at radius 3 is 2.00 bits per heavy atom. The zero-order valence-electron chi connectivity index (χ0n) is 15.4. The maximum absolute atomic E-state index is 12.3. The SMILES string of the molecule is CCOC(=O)N(CC=C(C)C)N(C/C=C/C1OCCO1)C(=O)OCC. The molecule has 1 fully saturated rings. The molecule has 142 valence electrons. The number of hydrogen-bond donors (Lipinski definition) is 0. The van der Waals surface area contributed by atoms with Crippen LogP contribution in [0.5, 0.6) is 0 Å². The molecule has 0 aliphatic carbocycles. The molecule has 0 saturated carbocycles. The predicted octanol–water partition coefficient (Wildman–Crippen LogP) is 2.71. The molecular formula is C17H28N2O6. The molecule has 1 aliphatic rings. The fourth-order valence-corrected chi connectivity index (χ4v) is 1.97. The van der Waals surface area contributed by atoms with E-state index in [0.29, 0.717) is 13.2 Å². The summed E-state index contributed by atoms with van der Waals surface area (Å²) in [7, 11) is 0. The molecule has 1 rings (SSSR count). The molecule has 2 amide bonds. The number of allylic oxidation sites excluding steroid dienone is 1. The molecule has 0 bridgehead atoms. The fraction of sp³-hybridized carbons (Fsp3) is 0.647. The van der Waals surface area contributed by atoms with Crippen molar-refractivity contribution in [3.8, 4) is 0 Å². The van der Waals surface area contributed by atoms with Gasteiger partial charge in [-0.05, 0) is 33.8 Å². The van der Waals surface area contributed by atoms with Crippen LogP contribution < -0.4 is 0 Å². The number of carbonyl (C=O) groups excluding carboxylic acids is 2. The lowest BCUT2D eigenvalue weighted by Crippen LogP contribution is -2.50. The lowest BCUT2D eigenvalue weighted by Gasteiger charge is -2.31. The van der Waals surface area contributed by atoms with Gasteiger partial charge in [-0.25, -0.2) is 19.6 Å². The molecule has 25 heavy (non-hydrogen) atoms. The fourth-order valence-electron chi connectivity index (χ4n) is 1.97. The van der Waals surface area contributed by atoms with Crippen molar-refractivity contribution < 1.29 is 28.5 Å². The first-order valence-corrected chi connectivity index (χ1v) is 8.41. The third kappa shape index (κ3) is 7.57. The Labute approximate surface area is 148 Å². The Bertz CT molecular complexity index is 482. The van der Waals surface area contributed by atoms with E-state index in [1.165, 1.54) is 10.0 Å². The van der Waals surface area contributed by atoms with Gasteiger partial charge in [0.25, 0.3) is 0 Å². The van der Waals surface area contributed by atoms with E-state index in [2.05, 4.69) is 0 Å². The predicted molar refractivity (Wildman–Crippen MR) is 91.7 cm³/mol. The van der Waals surface area contributed by atoms with Crippen molar-refractivity contribution in [2.45, 2.75) is 34.0 Å². The van der Waals surface area contributed by atoms with E-state index in [1.54, 1.807) is 26.0 Å². The lowest BCUT2D eigenvalue weighted by molar-refractivity contribution is -0.0106. The van der Waals surface area contributed by atoms with Crippen molar-refractivity contribution in [3.05, 3.63) is 23.8 Å². The van der Waals surface area contributed by atoms with E-state index in [0.717, 1.165) is 5.57 Å². The van der Waals surface area contributed by atoms with Gasteiger partial charge >= 0.3 is 12.2 Å². The Kier molecular flexibility index (Phi) is 9.64. The van der Waals surface area contributed by atoms with Gasteiger partial charge in [0.05, 0.1) is 39.5 Å². The van der Waals surface area contributed by atoms with E-state index >= 15 is 0 Å². The van der Waals surface area contributed by atoms with Crippen molar-refractivity contribution >= 4 is 12.2 Å². The Morgan fingerprint density at radius 2 is 1.52 bits per heavy atom. The maximum Gasteiger partial charge on any atom is 0.429 e. The zero-order valence-corrected chi connectivity index (χ0v) is 15.4. The Balaban J connectivity index is 2.90. The zero-order chi connectivity index (χ0) is 18.7. The highest BCUT2D eigenvalue weighted by Gasteiger charge is 2.27. The first-order valence-electron chi connectivity index (χ1n) is 8.41. The van der Waals surface area contributed by atoms with E-state index in [9.17, 15) is 9.59 Å². The van der Waals surface area contributed by atoms with Gasteiger partial charge < -0.3 is 18.9 Å². The lowest BCUT2D eigenvalue weighted by atomic mass is 10.3. The van der Waals surface area contributed by atoms with E-state index < -0.39 is 18.5 Å². The summed E-state index contributed by atoms with van der Waals surface area (Å²) in [5, 5.41) is 2.42. The minimum atomic E-state index is -0.629. The van der Waals surface area contributed by atoms with Gasteiger partial charge in [0.1, 0.15) is 0 Å². The minimum Gasteiger partial charge on any atom is -0.448 e. The highest BCUT2D eigenvalue weighted by molar-refractivity contribution is 5.74. The molecule has 1 heterocycles. The van der Waals surface area contributed by atoms with Crippen LogP contribution in [0.1, 0.15) is 27.7 Å². The second-order valence-corrected chi connectivity index (χ2v) is 5.38. The maximum atomic E-state index is 12.3. The number of rotatable bonds is 7. The van der Waals surface area contributed by atoms with Crippen LogP contribution in [0.25, 0.3) is 0 Å². The van der Waals surface area contributed by atoms with Crippen molar-refractivity contribution in [1.29, 1.82) is 0 Å². The van der Waals surface area contributed by atoms with Gasteiger partial charge in [0, 0.05) is 0 Å². The molecule has 0 N–H and O–H groups in total. The first kappa shape index (κ1) is 21.0. The van der Waals surface area contributed by atoms with Crippen LogP contribution in [-0.2, 0) is 18.9 Å². The molecule has 0 radical (unpaired) electrons. The monoisotopic (exact) mass is 356 g/mol.